The molecular weight excluding hydrogens is 337 g/mol. The van der Waals surface area contributed by atoms with Gasteiger partial charge in [-0.05, 0) is 0 Å². The van der Waals surface area contributed by atoms with E-state index in [1.54, 1.807) is 3.20 Å². The van der Waals surface area contributed by atoms with Crippen LogP contribution < -0.4 is 0 Å². The molecule has 1 heterocycles. The monoisotopic (exact) mass is 354 g/mol. The van der Waals surface area contributed by atoms with E-state index in [2.05, 4.69) is 25.7 Å². The molecule has 0 saturated carbocycles. The zero-order chi connectivity index (χ0) is 7.61. The molecule has 0 amide bonds. The molecular formula is C8H17AcN. The van der Waals surface area contributed by atoms with E-state index in [1.807, 2.05) is 0 Å². The maximum absolute atomic E-state index is 2.63. The standard InChI is InChI=1S/C8H17N.Ac/c1-6-9(7-2)8(3,4)5;/h1-2,6-7H2,3-5H3;. The summed E-state index contributed by atoms with van der Waals surface area (Å²) in [4.78, 5) is 2.63. The van der Waals surface area contributed by atoms with E-state index < -0.39 is 0 Å². The minimum absolute atomic E-state index is 0.237. The fraction of sp³-hybridized carbons (Fsp3) is 1.00. The molecule has 1 rings (SSSR count). The van der Waals surface area contributed by atoms with Crippen LogP contribution in [0.1, 0.15) is 20.8 Å². The Bertz CT molecular complexity index is 100. The van der Waals surface area contributed by atoms with E-state index in [1.165, 1.54) is 13.1 Å². The second kappa shape index (κ2) is 3.88. The van der Waals surface area contributed by atoms with Gasteiger partial charge in [-0.2, -0.15) is 0 Å². The molecule has 0 unspecified atom stereocenters. The van der Waals surface area contributed by atoms with Crippen molar-refractivity contribution >= 4 is 0 Å². The van der Waals surface area contributed by atoms with Gasteiger partial charge in [-0.15, -0.1) is 0 Å². The SMILES string of the molecule is CC(C)(C)N1C[CH2][Ac][CH2]C1. The van der Waals surface area contributed by atoms with Gasteiger partial charge in [0.25, 0.3) is 0 Å². The number of hydrogen-bond donors (Lipinski definition) is 0. The molecule has 0 aromatic carbocycles. The fourth-order valence-electron chi connectivity index (χ4n) is 1.42. The van der Waals surface area contributed by atoms with Crippen LogP contribution in [0, 0.1) is 39.7 Å². The van der Waals surface area contributed by atoms with E-state index in [9.17, 15) is 0 Å². The predicted molar refractivity (Wildman–Crippen MR) is 40.9 cm³/mol. The Hall–Kier alpha value is 1.40. The molecule has 1 saturated heterocycles. The predicted octanol–water partition coefficient (Wildman–Crippen LogP) is 2.02. The molecule has 0 aromatic heterocycles. The summed E-state index contributed by atoms with van der Waals surface area (Å²) in [5.41, 5.74) is 0.438. The molecule has 57 valence electrons. The molecule has 2 heteroatoms. The van der Waals surface area contributed by atoms with Gasteiger partial charge in [0.1, 0.15) is 0 Å². The fourth-order valence-corrected chi connectivity index (χ4v) is 6.67. The number of hydrogen-bond acceptors (Lipinski definition) is 1. The summed E-state index contributed by atoms with van der Waals surface area (Å²) in [5.74, 6) is 0. The van der Waals surface area contributed by atoms with Gasteiger partial charge in [-0.3, -0.25) is 0 Å². The van der Waals surface area contributed by atoms with Crippen molar-refractivity contribution in [2.24, 2.45) is 0 Å². The summed E-state index contributed by atoms with van der Waals surface area (Å²) < 4.78 is 3.24. The number of rotatable bonds is 0. The average molecular weight is 354 g/mol. The molecule has 0 atom stereocenters. The molecule has 1 nitrogen and oxygen atoms in total. The van der Waals surface area contributed by atoms with Crippen molar-refractivity contribution in [2.45, 2.75) is 29.5 Å². The summed E-state index contributed by atoms with van der Waals surface area (Å²) in [5, 5.41) is 0. The average Bonchev–Trinajstić information content (AvgIpc) is 1.88. The van der Waals surface area contributed by atoms with Crippen LogP contribution in [-0.2, 0) is 0 Å². The summed E-state index contributed by atoms with van der Waals surface area (Å²) in [7, 11) is 0. The third-order valence-electron chi connectivity index (χ3n) is 2.15. The van der Waals surface area contributed by atoms with Crippen LogP contribution in [0.15, 0.2) is 0 Å². The van der Waals surface area contributed by atoms with Gasteiger partial charge < -0.3 is 0 Å². The van der Waals surface area contributed by atoms with Crippen LogP contribution in [0.4, 0.5) is 0 Å². The van der Waals surface area contributed by atoms with Crippen LogP contribution in [0.2, 0.25) is 3.20 Å². The van der Waals surface area contributed by atoms with E-state index in [0.29, 0.717) is 5.54 Å². The molecule has 0 N–H and O–H groups in total. The summed E-state index contributed by atoms with van der Waals surface area (Å²) in [6, 6.07) is 0. The molecule has 0 radical (unpaired) electrons. The van der Waals surface area contributed by atoms with Crippen molar-refractivity contribution in [2.75, 3.05) is 13.1 Å². The second-order valence-corrected chi connectivity index (χ2v) is 11.1. The van der Waals surface area contributed by atoms with Crippen LogP contribution in [0.3, 0.4) is 0 Å². The van der Waals surface area contributed by atoms with Crippen molar-refractivity contribution in [3.8, 4) is 0 Å². The number of nitrogens with zero attached hydrogens (tertiary/aromatic N) is 1. The van der Waals surface area contributed by atoms with Gasteiger partial charge in [0.2, 0.25) is 0 Å². The first-order valence-corrected chi connectivity index (χ1v) is 10.9. The first-order valence-electron chi connectivity index (χ1n) is 4.17. The van der Waals surface area contributed by atoms with E-state index >= 15 is 0 Å². The molecule has 0 spiro atoms. The Labute approximate surface area is 86.1 Å². The van der Waals surface area contributed by atoms with E-state index in [4.69, 9.17) is 0 Å². The van der Waals surface area contributed by atoms with Gasteiger partial charge >= 0.3 is 87.2 Å². The van der Waals surface area contributed by atoms with Crippen molar-refractivity contribution in [1.82, 2.24) is 4.90 Å². The van der Waals surface area contributed by atoms with Gasteiger partial charge in [0, 0.05) is 0 Å². The van der Waals surface area contributed by atoms with E-state index in [0.717, 1.165) is 0 Å². The third kappa shape index (κ3) is 2.80. The Kier molecular flexibility index (Phi) is 3.68. The quantitative estimate of drug-likeness (QED) is 0.644. The zero-order valence-electron chi connectivity index (χ0n) is 7.35. The van der Waals surface area contributed by atoms with Crippen LogP contribution >= 0.6 is 0 Å². The molecule has 1 aliphatic rings. The van der Waals surface area contributed by atoms with Gasteiger partial charge in [0.15, 0.2) is 0 Å². The van der Waals surface area contributed by atoms with Crippen LogP contribution in [-0.4, -0.2) is 23.5 Å². The van der Waals surface area contributed by atoms with Crippen molar-refractivity contribution < 1.29 is 39.7 Å². The molecule has 0 bridgehead atoms. The van der Waals surface area contributed by atoms with Gasteiger partial charge in [-0.1, -0.05) is 0 Å². The normalized spacial score (nSPS) is 21.5. The second-order valence-electron chi connectivity index (χ2n) is 4.02. The first kappa shape index (κ1) is 9.49. The van der Waals surface area contributed by atoms with Crippen LogP contribution in [0.5, 0.6) is 0 Å². The summed E-state index contributed by atoms with van der Waals surface area (Å²) in [6.45, 7) is 9.80. The zero-order valence-corrected chi connectivity index (χ0v) is 12.1. The maximum atomic E-state index is 2.63. The Balaban J connectivity index is 2.39. The van der Waals surface area contributed by atoms with Crippen molar-refractivity contribution in [1.29, 1.82) is 0 Å². The minimum atomic E-state index is -0.237. The van der Waals surface area contributed by atoms with E-state index in [-0.39, 0.29) is 39.7 Å². The van der Waals surface area contributed by atoms with Crippen molar-refractivity contribution in [3.05, 3.63) is 0 Å². The van der Waals surface area contributed by atoms with Crippen LogP contribution in [0.25, 0.3) is 0 Å². The molecule has 1 aliphatic heterocycles. The third-order valence-corrected chi connectivity index (χ3v) is 7.63. The Morgan fingerprint density at radius 3 is 1.90 bits per heavy atom. The van der Waals surface area contributed by atoms with Crippen molar-refractivity contribution in [3.63, 3.8) is 0 Å². The topological polar surface area (TPSA) is 3.24 Å². The Morgan fingerprint density at radius 1 is 1.10 bits per heavy atom. The molecule has 10 heavy (non-hydrogen) atoms. The molecule has 0 aromatic rings. The van der Waals surface area contributed by atoms with Gasteiger partial charge in [-0.25, -0.2) is 0 Å². The first-order chi connectivity index (χ1) is 4.61. The summed E-state index contributed by atoms with van der Waals surface area (Å²) >= 11 is -0.237. The Morgan fingerprint density at radius 2 is 1.60 bits per heavy atom. The molecule has 1 fully saturated rings. The van der Waals surface area contributed by atoms with Gasteiger partial charge in [0.05, 0.1) is 0 Å². The summed E-state index contributed by atoms with van der Waals surface area (Å²) in [6.07, 6.45) is 0. The molecule has 0 aliphatic carbocycles.